The van der Waals surface area contributed by atoms with Crippen molar-refractivity contribution in [3.8, 4) is 0 Å². The molecular weight excluding hydrogens is 284 g/mol. The third-order valence-corrected chi connectivity index (χ3v) is 3.29. The number of carboxylic acids is 1. The Hall–Kier alpha value is -1.67. The molecule has 0 saturated carbocycles. The zero-order valence-electron chi connectivity index (χ0n) is 11.8. The summed E-state index contributed by atoms with van der Waals surface area (Å²) in [5.41, 5.74) is -0.142. The first kappa shape index (κ1) is 16.4. The number of carbonyl (C=O) groups excluding carboxylic acids is 1. The van der Waals surface area contributed by atoms with Crippen molar-refractivity contribution in [1.29, 1.82) is 0 Å². The van der Waals surface area contributed by atoms with Crippen LogP contribution in [-0.4, -0.2) is 32.9 Å². The van der Waals surface area contributed by atoms with Crippen LogP contribution in [0.5, 0.6) is 0 Å². The molecule has 0 fully saturated rings. The molecule has 1 aromatic rings. The van der Waals surface area contributed by atoms with Crippen molar-refractivity contribution >= 4 is 28.5 Å². The number of carboxylic acid groups (broad SMARTS) is 1. The summed E-state index contributed by atoms with van der Waals surface area (Å²) in [5.74, 6) is -1.10. The van der Waals surface area contributed by atoms with Crippen molar-refractivity contribution in [3.05, 3.63) is 10.6 Å². The van der Waals surface area contributed by atoms with Crippen LogP contribution in [0.3, 0.4) is 0 Å². The van der Waals surface area contributed by atoms with Crippen molar-refractivity contribution in [1.82, 2.24) is 4.98 Å². The van der Waals surface area contributed by atoms with E-state index in [9.17, 15) is 14.7 Å². The summed E-state index contributed by atoms with van der Waals surface area (Å²) < 4.78 is 5.08. The van der Waals surface area contributed by atoms with E-state index >= 15 is 0 Å². The van der Waals surface area contributed by atoms with Gasteiger partial charge in [-0.25, -0.2) is 9.78 Å². The topological polar surface area (TPSA) is 109 Å². The minimum atomic E-state index is -1.14. The lowest BCUT2D eigenvalue weighted by Crippen LogP contribution is -2.27. The quantitative estimate of drug-likeness (QED) is 0.787. The molecule has 0 aliphatic heterocycles. The van der Waals surface area contributed by atoms with Gasteiger partial charge in [0, 0.05) is 0 Å². The number of aliphatic carboxylic acids is 1. The molecule has 0 unspecified atom stereocenters. The maximum Gasteiger partial charge on any atom is 0.413 e. The first-order chi connectivity index (χ1) is 9.08. The molecule has 20 heavy (non-hydrogen) atoms. The Kier molecular flexibility index (Phi) is 5.07. The van der Waals surface area contributed by atoms with Gasteiger partial charge in [-0.3, -0.25) is 10.1 Å². The van der Waals surface area contributed by atoms with Crippen LogP contribution in [0.25, 0.3) is 0 Å². The molecule has 1 aromatic heterocycles. The van der Waals surface area contributed by atoms with Crippen LogP contribution in [0.2, 0.25) is 0 Å². The van der Waals surface area contributed by atoms with Crippen molar-refractivity contribution in [2.24, 2.45) is 0 Å². The lowest BCUT2D eigenvalue weighted by molar-refractivity contribution is -0.139. The van der Waals surface area contributed by atoms with E-state index in [-0.39, 0.29) is 5.13 Å². The predicted molar refractivity (Wildman–Crippen MR) is 73.9 cm³/mol. The van der Waals surface area contributed by atoms with E-state index < -0.39 is 30.2 Å². The van der Waals surface area contributed by atoms with E-state index in [1.807, 2.05) is 0 Å². The van der Waals surface area contributed by atoms with Gasteiger partial charge in [-0.1, -0.05) is 11.3 Å². The maximum atomic E-state index is 11.6. The zero-order chi connectivity index (χ0) is 15.5. The lowest BCUT2D eigenvalue weighted by Gasteiger charge is -2.18. The van der Waals surface area contributed by atoms with Crippen LogP contribution < -0.4 is 5.32 Å². The van der Waals surface area contributed by atoms with E-state index in [1.54, 1.807) is 27.7 Å². The van der Waals surface area contributed by atoms with Crippen LogP contribution in [0.4, 0.5) is 9.93 Å². The number of ether oxygens (including phenoxy) is 1. The van der Waals surface area contributed by atoms with Gasteiger partial charge in [0.1, 0.15) is 11.7 Å². The molecular formula is C12H18N2O5S. The van der Waals surface area contributed by atoms with Gasteiger partial charge in [-0.05, 0) is 27.7 Å². The number of hydrogen-bond donors (Lipinski definition) is 3. The molecule has 7 nitrogen and oxygen atoms in total. The summed E-state index contributed by atoms with van der Waals surface area (Å²) in [7, 11) is 0. The number of aliphatic hydroxyl groups is 1. The fourth-order valence-corrected chi connectivity index (χ4v) is 2.36. The highest BCUT2D eigenvalue weighted by atomic mass is 32.1. The Morgan fingerprint density at radius 2 is 2.05 bits per heavy atom. The van der Waals surface area contributed by atoms with Gasteiger partial charge < -0.3 is 14.9 Å². The number of aryl methyl sites for hydroxylation is 1. The number of nitrogens with one attached hydrogen (secondary N) is 1. The third-order valence-electron chi connectivity index (χ3n) is 2.11. The fourth-order valence-electron chi connectivity index (χ4n) is 1.42. The molecule has 0 radical (unpaired) electrons. The Morgan fingerprint density at radius 3 is 2.55 bits per heavy atom. The Bertz CT molecular complexity index is 506. The van der Waals surface area contributed by atoms with E-state index in [2.05, 4.69) is 10.3 Å². The zero-order valence-corrected chi connectivity index (χ0v) is 12.6. The summed E-state index contributed by atoms with van der Waals surface area (Å²) in [4.78, 5) is 26.6. The molecule has 1 amide bonds. The number of anilines is 1. The van der Waals surface area contributed by atoms with Gasteiger partial charge in [-0.2, -0.15) is 0 Å². The molecule has 0 saturated heterocycles. The molecule has 1 rings (SSSR count). The third kappa shape index (κ3) is 5.14. The molecule has 112 valence electrons. The average molecular weight is 302 g/mol. The van der Waals surface area contributed by atoms with Crippen LogP contribution in [-0.2, 0) is 9.53 Å². The normalized spacial score (nSPS) is 12.8. The number of thiazole rings is 1. The van der Waals surface area contributed by atoms with Crippen molar-refractivity contribution in [3.63, 3.8) is 0 Å². The summed E-state index contributed by atoms with van der Waals surface area (Å²) in [6, 6.07) is 0. The Labute approximate surface area is 120 Å². The maximum absolute atomic E-state index is 11.6. The van der Waals surface area contributed by atoms with Gasteiger partial charge in [-0.15, -0.1) is 0 Å². The smallest absolute Gasteiger partial charge is 0.413 e. The van der Waals surface area contributed by atoms with Crippen molar-refractivity contribution in [2.75, 3.05) is 5.32 Å². The molecule has 0 aromatic carbocycles. The molecule has 1 heterocycles. The number of hydrogen-bond acceptors (Lipinski definition) is 6. The number of carbonyl (C=O) groups is 2. The van der Waals surface area contributed by atoms with E-state index in [4.69, 9.17) is 9.84 Å². The fraction of sp³-hybridized carbons (Fsp3) is 0.583. The first-order valence-electron chi connectivity index (χ1n) is 5.95. The van der Waals surface area contributed by atoms with Gasteiger partial charge in [0.25, 0.3) is 0 Å². The van der Waals surface area contributed by atoms with Crippen LogP contribution in [0.1, 0.15) is 43.9 Å². The molecule has 0 aliphatic rings. The van der Waals surface area contributed by atoms with E-state index in [0.29, 0.717) is 10.6 Å². The predicted octanol–water partition coefficient (Wildman–Crippen LogP) is 2.31. The highest BCUT2D eigenvalue weighted by molar-refractivity contribution is 7.16. The first-order valence-corrected chi connectivity index (χ1v) is 6.77. The van der Waals surface area contributed by atoms with Gasteiger partial charge in [0.05, 0.1) is 17.0 Å². The minimum absolute atomic E-state index is 0.260. The number of rotatable bonds is 4. The number of amides is 1. The van der Waals surface area contributed by atoms with E-state index in [1.165, 1.54) is 0 Å². The number of aromatic nitrogens is 1. The van der Waals surface area contributed by atoms with E-state index in [0.717, 1.165) is 11.3 Å². The molecule has 8 heteroatoms. The largest absolute Gasteiger partial charge is 0.481 e. The highest BCUT2D eigenvalue weighted by Gasteiger charge is 2.21. The Balaban J connectivity index is 2.75. The van der Waals surface area contributed by atoms with Crippen LogP contribution >= 0.6 is 11.3 Å². The van der Waals surface area contributed by atoms with Crippen molar-refractivity contribution in [2.45, 2.75) is 45.8 Å². The number of nitrogens with zero attached hydrogens (tertiary/aromatic N) is 1. The molecule has 0 spiro atoms. The second-order valence-electron chi connectivity index (χ2n) is 5.21. The minimum Gasteiger partial charge on any atom is -0.481 e. The van der Waals surface area contributed by atoms with Gasteiger partial charge in [0.2, 0.25) is 0 Å². The summed E-state index contributed by atoms with van der Waals surface area (Å²) >= 11 is 1.03. The van der Waals surface area contributed by atoms with Crippen LogP contribution in [0, 0.1) is 6.92 Å². The second-order valence-corrected chi connectivity index (χ2v) is 6.24. The molecule has 0 aliphatic carbocycles. The van der Waals surface area contributed by atoms with Gasteiger partial charge in [0.15, 0.2) is 5.13 Å². The SMILES string of the molecule is Cc1nc(NC(=O)OC(C)(C)C)sc1[C@@H](O)CC(=O)O. The average Bonchev–Trinajstić information content (AvgIpc) is 2.54. The number of aliphatic hydroxyl groups excluding tert-OH is 1. The highest BCUT2D eigenvalue weighted by Crippen LogP contribution is 2.30. The summed E-state index contributed by atoms with van der Waals surface area (Å²) in [5, 5.41) is 21.1. The van der Waals surface area contributed by atoms with Crippen LogP contribution in [0.15, 0.2) is 0 Å². The molecule has 3 N–H and O–H groups in total. The molecule has 0 bridgehead atoms. The Morgan fingerprint density at radius 1 is 1.45 bits per heavy atom. The molecule has 1 atom stereocenters. The second kappa shape index (κ2) is 6.19. The summed E-state index contributed by atoms with van der Waals surface area (Å²) in [6.07, 6.45) is -2.20. The van der Waals surface area contributed by atoms with Gasteiger partial charge >= 0.3 is 12.1 Å². The monoisotopic (exact) mass is 302 g/mol. The van der Waals surface area contributed by atoms with Crippen molar-refractivity contribution < 1.29 is 24.5 Å². The standard InChI is InChI=1S/C12H18N2O5S/c1-6-9(7(15)5-8(16)17)20-10(13-6)14-11(18)19-12(2,3)4/h7,15H,5H2,1-4H3,(H,16,17)(H,13,14,18)/t7-/m0/s1. The lowest BCUT2D eigenvalue weighted by atomic mass is 10.2. The summed E-state index contributed by atoms with van der Waals surface area (Å²) in [6.45, 7) is 6.85.